The number of nitriles is 1. The lowest BCUT2D eigenvalue weighted by Gasteiger charge is -2.10. The highest BCUT2D eigenvalue weighted by Crippen LogP contribution is 2.30. The van der Waals surface area contributed by atoms with Crippen molar-refractivity contribution in [1.82, 2.24) is 0 Å². The van der Waals surface area contributed by atoms with Crippen LogP contribution in [-0.4, -0.2) is 35.6 Å². The maximum Gasteiger partial charge on any atom is 0.305 e. The minimum absolute atomic E-state index is 0.217. The van der Waals surface area contributed by atoms with Crippen LogP contribution in [0.1, 0.15) is 50.2 Å². The molecular formula is C25H32N2O5. The average molecular weight is 441 g/mol. The number of aliphatic carboxylic acids is 1. The van der Waals surface area contributed by atoms with E-state index in [-0.39, 0.29) is 6.42 Å². The Morgan fingerprint density at radius 2 is 1.59 bits per heavy atom. The lowest BCUT2D eigenvalue weighted by Crippen LogP contribution is -2.11. The van der Waals surface area contributed by atoms with Gasteiger partial charge in [0.25, 0.3) is 0 Å². The van der Waals surface area contributed by atoms with Crippen LogP contribution in [0, 0.1) is 22.7 Å². The van der Waals surface area contributed by atoms with Gasteiger partial charge in [-0.25, -0.2) is 0 Å². The molecule has 2 aromatic carbocycles. The lowest BCUT2D eigenvalue weighted by molar-refractivity contribution is -0.137. The third-order valence-corrected chi connectivity index (χ3v) is 4.61. The molecule has 2 aromatic rings. The molecule has 172 valence electrons. The summed E-state index contributed by atoms with van der Waals surface area (Å²) in [6.07, 6.45) is 2.00. The van der Waals surface area contributed by atoms with E-state index in [0.717, 1.165) is 31.3 Å². The third-order valence-electron chi connectivity index (χ3n) is 4.61. The number of nitrogens with one attached hydrogen (secondary N) is 1. The summed E-state index contributed by atoms with van der Waals surface area (Å²) in [7, 11) is 1.00. The number of aliphatic hydroxyl groups is 1. The minimum Gasteiger partial charge on any atom is -0.489 e. The van der Waals surface area contributed by atoms with Crippen molar-refractivity contribution in [3.05, 3.63) is 59.7 Å². The van der Waals surface area contributed by atoms with Crippen molar-refractivity contribution in [3.8, 4) is 17.6 Å². The fourth-order valence-corrected chi connectivity index (χ4v) is 2.77. The van der Waals surface area contributed by atoms with Gasteiger partial charge in [0.2, 0.25) is 0 Å². The largest absolute Gasteiger partial charge is 0.489 e. The van der Waals surface area contributed by atoms with Crippen LogP contribution in [0.15, 0.2) is 48.5 Å². The number of aliphatic hydroxyl groups excluding tert-OH is 1. The van der Waals surface area contributed by atoms with Crippen molar-refractivity contribution in [1.29, 1.82) is 10.7 Å². The third kappa shape index (κ3) is 9.19. The number of carboxylic acids is 1. The number of nitrogens with zero attached hydrogens (tertiary/aromatic N) is 1. The Morgan fingerprint density at radius 3 is 2.09 bits per heavy atom. The zero-order chi connectivity index (χ0) is 23.9. The van der Waals surface area contributed by atoms with Gasteiger partial charge in [-0.2, -0.15) is 5.26 Å². The summed E-state index contributed by atoms with van der Waals surface area (Å²) in [5.74, 6) is 0.143. The topological polar surface area (TPSA) is 124 Å². The van der Waals surface area contributed by atoms with E-state index < -0.39 is 11.9 Å². The molecule has 32 heavy (non-hydrogen) atoms. The first kappa shape index (κ1) is 26.7. The van der Waals surface area contributed by atoms with Gasteiger partial charge in [-0.3, -0.25) is 4.79 Å². The van der Waals surface area contributed by atoms with Crippen LogP contribution < -0.4 is 9.47 Å². The first-order valence-corrected chi connectivity index (χ1v) is 10.6. The van der Waals surface area contributed by atoms with Gasteiger partial charge < -0.3 is 25.1 Å². The summed E-state index contributed by atoms with van der Waals surface area (Å²) in [6, 6.07) is 16.5. The number of carboxylic acid groups (broad SMARTS) is 1. The second-order valence-corrected chi connectivity index (χ2v) is 6.87. The molecule has 3 N–H and O–H groups in total. The van der Waals surface area contributed by atoms with Gasteiger partial charge in [-0.1, -0.05) is 38.1 Å². The number of hydrogen-bond acceptors (Lipinski definition) is 6. The summed E-state index contributed by atoms with van der Waals surface area (Å²) in [6.45, 7) is 4.73. The predicted molar refractivity (Wildman–Crippen MR) is 123 cm³/mol. The van der Waals surface area contributed by atoms with Crippen LogP contribution in [0.3, 0.4) is 0 Å². The normalized spacial score (nSPS) is 12.6. The van der Waals surface area contributed by atoms with Crippen molar-refractivity contribution >= 4 is 11.7 Å². The molecule has 3 rings (SSSR count). The summed E-state index contributed by atoms with van der Waals surface area (Å²) in [4.78, 5) is 10.8. The lowest BCUT2D eigenvalue weighted by atomic mass is 9.97. The highest BCUT2D eigenvalue weighted by Gasteiger charge is 2.26. The highest BCUT2D eigenvalue weighted by molar-refractivity contribution is 5.87. The number of ether oxygens (including phenoxy) is 2. The Morgan fingerprint density at radius 1 is 1.06 bits per heavy atom. The van der Waals surface area contributed by atoms with Gasteiger partial charge in [0, 0.05) is 18.7 Å². The van der Waals surface area contributed by atoms with Crippen LogP contribution in [0.2, 0.25) is 0 Å². The highest BCUT2D eigenvalue weighted by atomic mass is 16.5. The van der Waals surface area contributed by atoms with E-state index in [4.69, 9.17) is 30.4 Å². The summed E-state index contributed by atoms with van der Waals surface area (Å²) in [5.41, 5.74) is 2.31. The quantitative estimate of drug-likeness (QED) is 0.456. The summed E-state index contributed by atoms with van der Waals surface area (Å²) < 4.78 is 11.4. The molecule has 1 aliphatic rings. The first-order chi connectivity index (χ1) is 15.5. The van der Waals surface area contributed by atoms with E-state index in [1.807, 2.05) is 44.2 Å². The van der Waals surface area contributed by atoms with Crippen LogP contribution in [-0.2, 0) is 11.4 Å². The molecule has 1 atom stereocenters. The Hall–Kier alpha value is -3.37. The molecule has 0 heterocycles. The number of hydrogen-bond donors (Lipinski definition) is 3. The van der Waals surface area contributed by atoms with Crippen LogP contribution in [0.25, 0.3) is 0 Å². The monoisotopic (exact) mass is 440 g/mol. The van der Waals surface area contributed by atoms with Crippen LogP contribution >= 0.6 is 0 Å². The van der Waals surface area contributed by atoms with Crippen molar-refractivity contribution in [2.24, 2.45) is 5.92 Å². The fourth-order valence-electron chi connectivity index (χ4n) is 2.77. The molecule has 0 amide bonds. The van der Waals surface area contributed by atoms with Gasteiger partial charge in [0.15, 0.2) is 0 Å². The zero-order valence-corrected chi connectivity index (χ0v) is 18.9. The molecule has 1 fully saturated rings. The summed E-state index contributed by atoms with van der Waals surface area (Å²) in [5, 5.41) is 32.8. The van der Waals surface area contributed by atoms with E-state index in [1.165, 1.54) is 0 Å². The van der Waals surface area contributed by atoms with E-state index in [2.05, 4.69) is 0 Å². The predicted octanol–water partition coefficient (Wildman–Crippen LogP) is 4.79. The van der Waals surface area contributed by atoms with Gasteiger partial charge in [0.05, 0.1) is 18.4 Å². The smallest absolute Gasteiger partial charge is 0.305 e. The maximum absolute atomic E-state index is 10.8. The molecule has 0 bridgehead atoms. The molecule has 0 saturated heterocycles. The van der Waals surface area contributed by atoms with Crippen molar-refractivity contribution in [2.45, 2.75) is 45.6 Å². The van der Waals surface area contributed by atoms with Crippen molar-refractivity contribution in [2.75, 3.05) is 13.7 Å². The molecule has 1 unspecified atom stereocenters. The average Bonchev–Trinajstić information content (AvgIpc) is 3.69. The molecule has 7 nitrogen and oxygen atoms in total. The Labute approximate surface area is 189 Å². The van der Waals surface area contributed by atoms with Crippen molar-refractivity contribution < 1.29 is 24.5 Å². The van der Waals surface area contributed by atoms with Crippen LogP contribution in [0.5, 0.6) is 11.5 Å². The molecule has 1 saturated carbocycles. The Balaban J connectivity index is 0.00000121. The summed E-state index contributed by atoms with van der Waals surface area (Å²) >= 11 is 0. The minimum atomic E-state index is -0.997. The first-order valence-electron chi connectivity index (χ1n) is 10.6. The number of benzene rings is 2. The molecule has 0 aliphatic heterocycles. The Kier molecular flexibility index (Phi) is 12.2. The van der Waals surface area contributed by atoms with Crippen molar-refractivity contribution in [3.63, 3.8) is 0 Å². The molecule has 0 radical (unpaired) electrons. The second-order valence-electron chi connectivity index (χ2n) is 6.87. The zero-order valence-electron chi connectivity index (χ0n) is 18.9. The van der Waals surface area contributed by atoms with Gasteiger partial charge >= 0.3 is 5.97 Å². The molecular weight excluding hydrogens is 408 g/mol. The molecule has 7 heteroatoms. The van der Waals surface area contributed by atoms with E-state index in [0.29, 0.717) is 36.2 Å². The standard InChI is InChI=1S/C22H22N2O4.C2H6.CH4O/c23-12-18(11-22(25)26)16-5-9-20(10-6-16)27-13-15-1-7-19(8-2-15)28-14-21(24)17-3-4-17;2*1-2/h1-2,5-10,17-18,24H,3-4,11,13-14H2,(H,25,26);1-2H3;2H,1H3. The molecule has 0 aromatic heterocycles. The van der Waals surface area contributed by atoms with Crippen LogP contribution in [0.4, 0.5) is 0 Å². The molecule has 0 spiro atoms. The Bertz CT molecular complexity index is 869. The molecule has 1 aliphatic carbocycles. The van der Waals surface area contributed by atoms with Gasteiger partial charge in [0.1, 0.15) is 24.7 Å². The van der Waals surface area contributed by atoms with E-state index in [9.17, 15) is 4.79 Å². The number of carbonyl (C=O) groups is 1. The maximum atomic E-state index is 10.8. The fraction of sp³-hybridized carbons (Fsp3) is 0.400. The van der Waals surface area contributed by atoms with E-state index >= 15 is 0 Å². The van der Waals surface area contributed by atoms with Gasteiger partial charge in [-0.05, 0) is 48.2 Å². The van der Waals surface area contributed by atoms with Gasteiger partial charge in [-0.15, -0.1) is 0 Å². The SMILES string of the molecule is CC.CO.N#CC(CC(=O)O)c1ccc(OCc2ccc(OCC(=N)C3CC3)cc2)cc1. The number of rotatable bonds is 10. The van der Waals surface area contributed by atoms with E-state index in [1.54, 1.807) is 24.3 Å². The second kappa shape index (κ2) is 14.6.